The fourth-order valence-corrected chi connectivity index (χ4v) is 4.61. The van der Waals surface area contributed by atoms with Crippen LogP contribution in [0.25, 0.3) is 12.2 Å². The number of carbonyl (C=O) groups excluding carboxylic acids is 2. The summed E-state index contributed by atoms with van der Waals surface area (Å²) in [6.45, 7) is 5.46. The first kappa shape index (κ1) is 21.0. The van der Waals surface area contributed by atoms with Crippen LogP contribution in [0.3, 0.4) is 0 Å². The molecule has 1 amide bonds. The molecule has 0 aliphatic rings. The Morgan fingerprint density at radius 2 is 1.93 bits per heavy atom. The van der Waals surface area contributed by atoms with Crippen molar-refractivity contribution in [3.05, 3.63) is 77.3 Å². The molecule has 2 heterocycles. The van der Waals surface area contributed by atoms with Gasteiger partial charge in [-0.2, -0.15) is 0 Å². The largest absolute Gasteiger partial charge is 0.352 e. The third-order valence-electron chi connectivity index (χ3n) is 4.17. The summed E-state index contributed by atoms with van der Waals surface area (Å²) in [4.78, 5) is 39.0. The number of aryl methyl sites for hydroxylation is 1. The minimum atomic E-state index is -0.272. The van der Waals surface area contributed by atoms with E-state index in [1.165, 1.54) is 33.3 Å². The highest BCUT2D eigenvalue weighted by Gasteiger charge is 2.13. The number of benzene rings is 1. The van der Waals surface area contributed by atoms with Gasteiger partial charge in [0.1, 0.15) is 11.2 Å². The van der Waals surface area contributed by atoms with Gasteiger partial charge in [-0.25, -0.2) is 0 Å². The molecular formula is C22H22N2O3S2. The van der Waals surface area contributed by atoms with Crippen molar-refractivity contribution in [1.82, 2.24) is 9.88 Å². The number of hydrogen-bond donors (Lipinski definition) is 1. The van der Waals surface area contributed by atoms with Crippen molar-refractivity contribution in [2.75, 3.05) is 0 Å². The van der Waals surface area contributed by atoms with E-state index < -0.39 is 0 Å². The average Bonchev–Trinajstić information content (AvgIpc) is 3.26. The number of thiazole rings is 1. The molecule has 0 aliphatic carbocycles. The van der Waals surface area contributed by atoms with Crippen LogP contribution in [0.15, 0.2) is 46.6 Å². The van der Waals surface area contributed by atoms with Crippen LogP contribution >= 0.6 is 22.7 Å². The van der Waals surface area contributed by atoms with Gasteiger partial charge in [0, 0.05) is 22.6 Å². The Labute approximate surface area is 176 Å². The number of rotatable bonds is 6. The minimum Gasteiger partial charge on any atom is -0.352 e. The Morgan fingerprint density at radius 1 is 1.17 bits per heavy atom. The zero-order chi connectivity index (χ0) is 21.0. The highest BCUT2D eigenvalue weighted by Crippen LogP contribution is 2.09. The summed E-state index contributed by atoms with van der Waals surface area (Å²) in [6.07, 6.45) is 3.24. The van der Waals surface area contributed by atoms with Crippen molar-refractivity contribution >= 4 is 46.5 Å². The predicted molar refractivity (Wildman–Crippen MR) is 119 cm³/mol. The van der Waals surface area contributed by atoms with E-state index in [2.05, 4.69) is 5.32 Å². The topological polar surface area (TPSA) is 68.2 Å². The van der Waals surface area contributed by atoms with Crippen LogP contribution in [0.4, 0.5) is 0 Å². The third kappa shape index (κ3) is 5.19. The number of nitrogens with one attached hydrogen (secondary N) is 1. The van der Waals surface area contributed by atoms with Crippen molar-refractivity contribution in [1.29, 1.82) is 0 Å². The van der Waals surface area contributed by atoms with Gasteiger partial charge in [0.2, 0.25) is 5.91 Å². The fraction of sp³-hybridized carbons (Fsp3) is 0.227. The van der Waals surface area contributed by atoms with Gasteiger partial charge in [0.05, 0.1) is 4.53 Å². The summed E-state index contributed by atoms with van der Waals surface area (Å²) in [5.74, 6) is -0.453. The van der Waals surface area contributed by atoms with Gasteiger partial charge >= 0.3 is 0 Å². The number of thiophene rings is 1. The second-order valence-corrected chi connectivity index (χ2v) is 8.94. The molecule has 0 unspecified atom stereocenters. The molecular weight excluding hydrogens is 404 g/mol. The standard InChI is InChI=1S/C22H22N2O3S2/c1-14(2)23-20(26)13-24-21(12-18(25)17-9-5-4-7-15(17)3)29-19(22(24)27)11-16-8-6-10-28-16/h4-12,14H,13H2,1-3H3,(H,23,26)/b19-11-,21-12?. The number of aromatic nitrogens is 1. The maximum atomic E-state index is 13.0. The zero-order valence-corrected chi connectivity index (χ0v) is 18.1. The molecule has 0 saturated carbocycles. The van der Waals surface area contributed by atoms with E-state index in [-0.39, 0.29) is 29.8 Å². The Kier molecular flexibility index (Phi) is 6.61. The van der Waals surface area contributed by atoms with Crippen LogP contribution in [-0.4, -0.2) is 22.3 Å². The molecule has 150 valence electrons. The summed E-state index contributed by atoms with van der Waals surface area (Å²) in [5, 5.41) is 4.73. The number of ketones is 1. The molecule has 3 rings (SSSR count). The van der Waals surface area contributed by atoms with Gasteiger partial charge < -0.3 is 5.32 Å². The third-order valence-corrected chi connectivity index (χ3v) is 6.05. The summed E-state index contributed by atoms with van der Waals surface area (Å²) in [6, 6.07) is 11.1. The molecule has 29 heavy (non-hydrogen) atoms. The van der Waals surface area contributed by atoms with E-state index in [0.717, 1.165) is 10.4 Å². The SMILES string of the molecule is Cc1ccccc1C(=O)C=c1s/c(=C\c2cccs2)c(=O)n1CC(=O)NC(C)C. The van der Waals surface area contributed by atoms with Gasteiger partial charge in [0.25, 0.3) is 5.56 Å². The normalized spacial score (nSPS) is 12.6. The summed E-state index contributed by atoms with van der Waals surface area (Å²) in [5.41, 5.74) is 1.17. The van der Waals surface area contributed by atoms with E-state index >= 15 is 0 Å². The van der Waals surface area contributed by atoms with Crippen LogP contribution < -0.4 is 20.1 Å². The van der Waals surface area contributed by atoms with Crippen molar-refractivity contribution in [3.63, 3.8) is 0 Å². The molecule has 0 atom stereocenters. The van der Waals surface area contributed by atoms with Crippen molar-refractivity contribution in [2.24, 2.45) is 0 Å². The Balaban J connectivity index is 2.11. The van der Waals surface area contributed by atoms with Crippen LogP contribution in [0.5, 0.6) is 0 Å². The summed E-state index contributed by atoms with van der Waals surface area (Å²) in [7, 11) is 0. The first-order chi connectivity index (χ1) is 13.8. The van der Waals surface area contributed by atoms with Gasteiger partial charge in [-0.05, 0) is 43.9 Å². The van der Waals surface area contributed by atoms with Crippen molar-refractivity contribution < 1.29 is 9.59 Å². The monoisotopic (exact) mass is 426 g/mol. The molecule has 3 aromatic rings. The van der Waals surface area contributed by atoms with Crippen LogP contribution in [-0.2, 0) is 11.3 Å². The number of Topliss-reactive ketones (excluding diaryl/α,β-unsaturated/α-hetero) is 1. The molecule has 1 aromatic carbocycles. The zero-order valence-electron chi connectivity index (χ0n) is 16.5. The molecule has 0 radical (unpaired) electrons. The summed E-state index contributed by atoms with van der Waals surface area (Å²) < 4.78 is 2.33. The van der Waals surface area contributed by atoms with Gasteiger partial charge in [-0.3, -0.25) is 19.0 Å². The average molecular weight is 427 g/mol. The molecule has 0 aliphatic heterocycles. The van der Waals surface area contributed by atoms with Crippen LogP contribution in [0.1, 0.15) is 34.6 Å². The lowest BCUT2D eigenvalue weighted by atomic mass is 10.1. The molecule has 0 spiro atoms. The number of amides is 1. The van der Waals surface area contributed by atoms with Gasteiger partial charge in [-0.15, -0.1) is 22.7 Å². The van der Waals surface area contributed by atoms with Gasteiger partial charge in [0.15, 0.2) is 5.78 Å². The van der Waals surface area contributed by atoms with Crippen LogP contribution in [0, 0.1) is 6.92 Å². The second-order valence-electron chi connectivity index (χ2n) is 6.90. The highest BCUT2D eigenvalue weighted by atomic mass is 32.1. The van der Waals surface area contributed by atoms with Crippen LogP contribution in [0.2, 0.25) is 0 Å². The number of carbonyl (C=O) groups is 2. The van der Waals surface area contributed by atoms with Crippen molar-refractivity contribution in [3.8, 4) is 0 Å². The molecule has 0 saturated heterocycles. The molecule has 0 bridgehead atoms. The molecule has 7 heteroatoms. The van der Waals surface area contributed by atoms with E-state index in [1.54, 1.807) is 12.1 Å². The highest BCUT2D eigenvalue weighted by molar-refractivity contribution is 7.11. The van der Waals surface area contributed by atoms with E-state index in [0.29, 0.717) is 14.8 Å². The minimum absolute atomic E-state index is 0.0324. The maximum absolute atomic E-state index is 13.0. The lowest BCUT2D eigenvalue weighted by molar-refractivity contribution is -0.122. The Morgan fingerprint density at radius 3 is 2.59 bits per heavy atom. The Bertz CT molecular complexity index is 1200. The molecule has 1 N–H and O–H groups in total. The number of hydrogen-bond acceptors (Lipinski definition) is 5. The maximum Gasteiger partial charge on any atom is 0.269 e. The van der Waals surface area contributed by atoms with Gasteiger partial charge in [-0.1, -0.05) is 30.3 Å². The lowest BCUT2D eigenvalue weighted by Crippen LogP contribution is -2.40. The second kappa shape index (κ2) is 9.15. The van der Waals surface area contributed by atoms with E-state index in [9.17, 15) is 14.4 Å². The number of nitrogens with zero attached hydrogens (tertiary/aromatic N) is 1. The Hall–Kier alpha value is -2.77. The quantitative estimate of drug-likeness (QED) is 0.615. The fourth-order valence-electron chi connectivity index (χ4n) is 2.85. The molecule has 2 aromatic heterocycles. The smallest absolute Gasteiger partial charge is 0.269 e. The first-order valence-electron chi connectivity index (χ1n) is 9.21. The van der Waals surface area contributed by atoms with Crippen molar-refractivity contribution in [2.45, 2.75) is 33.4 Å². The van der Waals surface area contributed by atoms with E-state index in [4.69, 9.17) is 0 Å². The lowest BCUT2D eigenvalue weighted by Gasteiger charge is -2.08. The first-order valence-corrected chi connectivity index (χ1v) is 10.9. The summed E-state index contributed by atoms with van der Waals surface area (Å²) >= 11 is 2.74. The predicted octanol–water partition coefficient (Wildman–Crippen LogP) is 2.30. The molecule has 0 fully saturated rings. The molecule has 5 nitrogen and oxygen atoms in total. The van der Waals surface area contributed by atoms with E-state index in [1.807, 2.05) is 56.5 Å².